The maximum Gasteiger partial charge on any atom is 0.333 e. The molecule has 3 aliphatic rings. The maximum absolute atomic E-state index is 15.5. The first-order valence-electron chi connectivity index (χ1n) is 18.1. The van der Waals surface area contributed by atoms with Crippen molar-refractivity contribution in [1.29, 1.82) is 0 Å². The third kappa shape index (κ3) is 12.6. The lowest BCUT2D eigenvalue weighted by atomic mass is 9.82. The highest BCUT2D eigenvalue weighted by atomic mass is 28.4. The average molecular weight is 715 g/mol. The molecular formula is C37H64F2O7Si2. The molecule has 0 aromatic rings. The second kappa shape index (κ2) is 17.9. The van der Waals surface area contributed by atoms with E-state index in [0.29, 0.717) is 39.1 Å². The first-order valence-corrected chi connectivity index (χ1v) is 22.3. The Balaban J connectivity index is 1.81. The Bertz CT molecular complexity index is 1100. The number of unbranched alkanes of at least 4 members (excludes halogenated alkanes) is 2. The first kappa shape index (κ1) is 41.3. The smallest absolute Gasteiger partial charge is 0.333 e. The van der Waals surface area contributed by atoms with E-state index in [-0.39, 0.29) is 47.0 Å². The van der Waals surface area contributed by atoms with Gasteiger partial charge in [0, 0.05) is 25.9 Å². The van der Waals surface area contributed by atoms with E-state index >= 15 is 8.78 Å². The van der Waals surface area contributed by atoms with E-state index in [2.05, 4.69) is 73.4 Å². The lowest BCUT2D eigenvalue weighted by Crippen LogP contribution is -2.41. The third-order valence-electron chi connectivity index (χ3n) is 10.2. The molecule has 6 atom stereocenters. The summed E-state index contributed by atoms with van der Waals surface area (Å²) in [7, 11) is -3.02. The molecule has 7 nitrogen and oxygen atoms in total. The van der Waals surface area contributed by atoms with Gasteiger partial charge in [0.05, 0.1) is 31.7 Å². The molecule has 48 heavy (non-hydrogen) atoms. The lowest BCUT2D eigenvalue weighted by molar-refractivity contribution is -0.176. The minimum Gasteiger partial charge on any atom is -0.469 e. The fourth-order valence-corrected chi connectivity index (χ4v) is 8.51. The molecule has 1 aliphatic carbocycles. The number of aliphatic hydroxyl groups excluding tert-OH is 1. The van der Waals surface area contributed by atoms with Crippen molar-refractivity contribution in [3.05, 3.63) is 24.5 Å². The van der Waals surface area contributed by atoms with Gasteiger partial charge in [0.25, 0.3) is 0 Å². The zero-order valence-electron chi connectivity index (χ0n) is 31.1. The Kier molecular flexibility index (Phi) is 15.4. The monoisotopic (exact) mass is 714 g/mol. The van der Waals surface area contributed by atoms with Crippen LogP contribution in [0.4, 0.5) is 8.78 Å². The van der Waals surface area contributed by atoms with E-state index in [0.717, 1.165) is 25.7 Å². The zero-order chi connectivity index (χ0) is 35.6. The van der Waals surface area contributed by atoms with Crippen molar-refractivity contribution in [2.45, 2.75) is 166 Å². The highest BCUT2D eigenvalue weighted by Crippen LogP contribution is 2.46. The van der Waals surface area contributed by atoms with E-state index in [9.17, 15) is 5.11 Å². The molecule has 0 bridgehead atoms. The molecule has 1 N–H and O–H groups in total. The van der Waals surface area contributed by atoms with Crippen molar-refractivity contribution in [2.75, 3.05) is 19.8 Å². The van der Waals surface area contributed by atoms with Gasteiger partial charge in [-0.05, 0) is 78.8 Å². The number of ether oxygens (including phenoxy) is 4. The van der Waals surface area contributed by atoms with Gasteiger partial charge >= 0.3 is 5.92 Å². The number of hydrogen-bond acceptors (Lipinski definition) is 7. The molecule has 0 amide bonds. The van der Waals surface area contributed by atoms with Crippen LogP contribution in [0.3, 0.4) is 0 Å². The molecule has 3 rings (SSSR count). The van der Waals surface area contributed by atoms with Gasteiger partial charge in [-0.2, -0.15) is 8.78 Å². The van der Waals surface area contributed by atoms with Crippen LogP contribution in [0.25, 0.3) is 0 Å². The molecule has 2 fully saturated rings. The van der Waals surface area contributed by atoms with E-state index in [1.54, 1.807) is 12.3 Å². The molecule has 2 aliphatic heterocycles. The Morgan fingerprint density at radius 2 is 1.73 bits per heavy atom. The van der Waals surface area contributed by atoms with Crippen molar-refractivity contribution in [3.8, 4) is 11.8 Å². The van der Waals surface area contributed by atoms with Crippen molar-refractivity contribution >= 4 is 18.1 Å². The molecule has 0 aromatic carbocycles. The summed E-state index contributed by atoms with van der Waals surface area (Å²) in [5, 5.41) is 11.2. The van der Waals surface area contributed by atoms with Crippen LogP contribution in [0.15, 0.2) is 24.5 Å². The number of aliphatic hydroxyl groups is 1. The molecule has 0 aromatic heterocycles. The van der Waals surface area contributed by atoms with E-state index < -0.39 is 42.2 Å². The van der Waals surface area contributed by atoms with Crippen molar-refractivity contribution in [3.63, 3.8) is 0 Å². The maximum atomic E-state index is 15.5. The zero-order valence-corrected chi connectivity index (χ0v) is 33.5. The molecular weight excluding hydrogens is 651 g/mol. The Hall–Kier alpha value is -1.11. The van der Waals surface area contributed by atoms with Crippen LogP contribution in [-0.4, -0.2) is 79.3 Å². The third-order valence-corrected chi connectivity index (χ3v) is 16.2. The minimum atomic E-state index is -3.58. The lowest BCUT2D eigenvalue weighted by Gasteiger charge is -2.35. The van der Waals surface area contributed by atoms with Gasteiger partial charge in [0.2, 0.25) is 6.29 Å². The summed E-state index contributed by atoms with van der Waals surface area (Å²) in [4.78, 5) is 0. The highest BCUT2D eigenvalue weighted by Gasteiger charge is 2.50. The molecule has 0 radical (unpaired) electrons. The standard InChI is InChI=1S/C37H64F2O7Si2/c1-10-11-13-19-36(42-24-25-43-36)21-18-28-29(26-32(40)37(38,39)20-14-16-23-44-48(8,9)35(5,6)7)31(46-47-34(2,3)4)27-30(28)45-33-17-12-15-22-41-33/h12,15,17,22,28-33,40H,10-11,13,16,18-19,21,23-27,47H2,1-9H3/t28-,29-,30?,31+,32?,33-/m1/s1. The summed E-state index contributed by atoms with van der Waals surface area (Å²) in [5.74, 6) is -0.119. The molecule has 2 heterocycles. The second-order valence-corrected chi connectivity index (χ2v) is 24.1. The summed E-state index contributed by atoms with van der Waals surface area (Å²) in [6, 6.07) is 0. The van der Waals surface area contributed by atoms with E-state index in [4.69, 9.17) is 27.8 Å². The summed E-state index contributed by atoms with van der Waals surface area (Å²) in [6.07, 6.45) is 9.69. The van der Waals surface area contributed by atoms with Crippen LogP contribution in [-0.2, 0) is 27.8 Å². The Morgan fingerprint density at radius 3 is 2.33 bits per heavy atom. The summed E-state index contributed by atoms with van der Waals surface area (Å²) in [6.45, 7) is 20.6. The van der Waals surface area contributed by atoms with Gasteiger partial charge < -0.3 is 32.9 Å². The van der Waals surface area contributed by atoms with Crippen LogP contribution < -0.4 is 0 Å². The van der Waals surface area contributed by atoms with Crippen molar-refractivity contribution < 1.29 is 41.7 Å². The van der Waals surface area contributed by atoms with Gasteiger partial charge in [-0.3, -0.25) is 0 Å². The summed E-state index contributed by atoms with van der Waals surface area (Å²) >= 11 is 0. The van der Waals surface area contributed by atoms with Crippen molar-refractivity contribution in [1.82, 2.24) is 0 Å². The van der Waals surface area contributed by atoms with Crippen LogP contribution in [0.5, 0.6) is 0 Å². The summed E-state index contributed by atoms with van der Waals surface area (Å²) < 4.78 is 68.3. The highest BCUT2D eigenvalue weighted by molar-refractivity contribution is 6.74. The topological polar surface area (TPSA) is 75.6 Å². The molecule has 0 spiro atoms. The molecule has 2 unspecified atom stereocenters. The summed E-state index contributed by atoms with van der Waals surface area (Å²) in [5.41, 5.74) is 0. The minimum absolute atomic E-state index is 0.00831. The van der Waals surface area contributed by atoms with Crippen molar-refractivity contribution in [2.24, 2.45) is 11.8 Å². The SMILES string of the molecule is CCCCCC1(CC[C@H]2C(O[C@@H]3C=CC=CO3)C[C@H](O[SiH2]C(C)(C)C)[C@@H]2CC(O)C(F)(F)C#CCCO[Si](C)(C)C(C)(C)C)OCCO1. The average Bonchev–Trinajstić information content (AvgIpc) is 3.59. The molecule has 276 valence electrons. The van der Waals surface area contributed by atoms with Gasteiger partial charge in [0.15, 0.2) is 23.9 Å². The largest absolute Gasteiger partial charge is 0.469 e. The normalized spacial score (nSPS) is 27.0. The number of alkyl halides is 2. The van der Waals surface area contributed by atoms with Gasteiger partial charge in [-0.25, -0.2) is 0 Å². The van der Waals surface area contributed by atoms with Gasteiger partial charge in [-0.1, -0.05) is 73.3 Å². The van der Waals surface area contributed by atoms with Crippen LogP contribution in [0.2, 0.25) is 23.2 Å². The molecule has 1 saturated carbocycles. The Labute approximate surface area is 292 Å². The molecule has 11 heteroatoms. The van der Waals surface area contributed by atoms with E-state index in [1.165, 1.54) is 0 Å². The molecule has 1 saturated heterocycles. The number of halogens is 2. The number of rotatable bonds is 17. The number of hydrogen-bond donors (Lipinski definition) is 1. The van der Waals surface area contributed by atoms with Crippen LogP contribution >= 0.6 is 0 Å². The van der Waals surface area contributed by atoms with E-state index in [1.807, 2.05) is 12.2 Å². The predicted molar refractivity (Wildman–Crippen MR) is 192 cm³/mol. The fraction of sp³-hybridized carbons (Fsp3) is 0.838. The number of allylic oxidation sites excluding steroid dienone is 2. The van der Waals surface area contributed by atoms with Gasteiger partial charge in [-0.15, -0.1) is 0 Å². The fourth-order valence-electron chi connectivity index (χ4n) is 6.36. The first-order chi connectivity index (χ1) is 22.4. The quantitative estimate of drug-likeness (QED) is 0.0930. The second-order valence-electron chi connectivity index (χ2n) is 16.5. The predicted octanol–water partition coefficient (Wildman–Crippen LogP) is 8.03. The van der Waals surface area contributed by atoms with Crippen LogP contribution in [0.1, 0.15) is 106 Å². The van der Waals surface area contributed by atoms with Crippen LogP contribution in [0, 0.1) is 23.7 Å². The van der Waals surface area contributed by atoms with Gasteiger partial charge in [0.1, 0.15) is 6.10 Å². The Morgan fingerprint density at radius 1 is 1.02 bits per heavy atom.